The highest BCUT2D eigenvalue weighted by molar-refractivity contribution is 5.73. The fourth-order valence-electron chi connectivity index (χ4n) is 4.91. The highest BCUT2D eigenvalue weighted by Gasteiger charge is 2.29. The van der Waals surface area contributed by atoms with Crippen LogP contribution in [0.3, 0.4) is 0 Å². The average Bonchev–Trinajstić information content (AvgIpc) is 2.78. The maximum atomic E-state index is 13.7. The first-order chi connectivity index (χ1) is 17.0. The Labute approximate surface area is 212 Å². The number of aliphatic hydroxyl groups is 1. The van der Waals surface area contributed by atoms with E-state index in [0.29, 0.717) is 12.0 Å². The number of fused-ring (bicyclic) bond motifs is 1. The number of nitriles is 1. The Kier molecular flexibility index (Phi) is 9.04. The number of anilines is 1. The predicted molar refractivity (Wildman–Crippen MR) is 136 cm³/mol. The van der Waals surface area contributed by atoms with Gasteiger partial charge in [0, 0.05) is 50.1 Å². The molecule has 0 saturated carbocycles. The van der Waals surface area contributed by atoms with Gasteiger partial charge in [0.2, 0.25) is 5.91 Å². The quantitative estimate of drug-likeness (QED) is 0.406. The standard InChI is InChI=1S/C28H36F2N4O2/c1-17(35)34-26(13-18-11-20(29)15-21(30)12-18)27(36)16-33-25-8-10-32-24-6-5-19(14-22(24)25)23(7-9-31)28(2,3)4/h5-6,11-12,14-15,23,25-27,32-33,36H,7-8,10,13,16H2,1-4H3,(H,34,35)/t23?,25-,26-,27+/m0/s1. The van der Waals surface area contributed by atoms with Crippen molar-refractivity contribution in [3.05, 3.63) is 64.7 Å². The fraction of sp³-hybridized carbons (Fsp3) is 0.500. The Balaban J connectivity index is 1.76. The molecule has 1 aliphatic heterocycles. The summed E-state index contributed by atoms with van der Waals surface area (Å²) in [5.41, 5.74) is 3.46. The summed E-state index contributed by atoms with van der Waals surface area (Å²) in [5, 5.41) is 29.9. The summed E-state index contributed by atoms with van der Waals surface area (Å²) < 4.78 is 27.3. The van der Waals surface area contributed by atoms with E-state index in [-0.39, 0.29) is 36.2 Å². The van der Waals surface area contributed by atoms with Crippen molar-refractivity contribution in [2.45, 2.75) is 71.1 Å². The molecule has 0 fully saturated rings. The maximum absolute atomic E-state index is 13.7. The van der Waals surface area contributed by atoms with Crippen molar-refractivity contribution >= 4 is 11.6 Å². The van der Waals surface area contributed by atoms with E-state index >= 15 is 0 Å². The van der Waals surface area contributed by atoms with Gasteiger partial charge in [-0.2, -0.15) is 5.26 Å². The molecule has 0 radical (unpaired) electrons. The Morgan fingerprint density at radius 2 is 1.92 bits per heavy atom. The molecule has 1 aliphatic rings. The van der Waals surface area contributed by atoms with Crippen LogP contribution in [0.5, 0.6) is 0 Å². The van der Waals surface area contributed by atoms with Crippen molar-refractivity contribution in [3.8, 4) is 6.07 Å². The Morgan fingerprint density at radius 1 is 1.22 bits per heavy atom. The SMILES string of the molecule is CC(=O)N[C@@H](Cc1cc(F)cc(F)c1)[C@H](O)CN[C@H]1CCNc2ccc(C(CC#N)C(C)(C)C)cc21. The van der Waals surface area contributed by atoms with Gasteiger partial charge in [0.25, 0.3) is 0 Å². The third-order valence-corrected chi connectivity index (χ3v) is 6.75. The number of halogens is 2. The van der Waals surface area contributed by atoms with Gasteiger partial charge in [0.05, 0.1) is 18.2 Å². The lowest BCUT2D eigenvalue weighted by Crippen LogP contribution is -2.48. The van der Waals surface area contributed by atoms with E-state index in [1.165, 1.54) is 19.1 Å². The van der Waals surface area contributed by atoms with Crippen molar-refractivity contribution in [1.82, 2.24) is 10.6 Å². The second-order valence-corrected chi connectivity index (χ2v) is 10.7. The Morgan fingerprint density at radius 3 is 2.53 bits per heavy atom. The van der Waals surface area contributed by atoms with E-state index in [1.54, 1.807) is 0 Å². The molecule has 2 aromatic rings. The number of nitrogens with zero attached hydrogens (tertiary/aromatic N) is 1. The Bertz CT molecular complexity index is 1090. The topological polar surface area (TPSA) is 97.2 Å². The van der Waals surface area contributed by atoms with Crippen LogP contribution in [0.15, 0.2) is 36.4 Å². The van der Waals surface area contributed by atoms with Crippen molar-refractivity contribution in [1.29, 1.82) is 5.26 Å². The summed E-state index contributed by atoms with van der Waals surface area (Å²) in [6.07, 6.45) is 0.321. The van der Waals surface area contributed by atoms with Gasteiger partial charge < -0.3 is 21.1 Å². The van der Waals surface area contributed by atoms with Gasteiger partial charge in [-0.1, -0.05) is 32.9 Å². The number of hydrogen-bond acceptors (Lipinski definition) is 5. The van der Waals surface area contributed by atoms with Gasteiger partial charge in [-0.3, -0.25) is 4.79 Å². The summed E-state index contributed by atoms with van der Waals surface area (Å²) in [6.45, 7) is 8.68. The number of rotatable bonds is 9. The van der Waals surface area contributed by atoms with E-state index in [1.807, 2.05) is 6.07 Å². The molecule has 0 bridgehead atoms. The van der Waals surface area contributed by atoms with Crippen molar-refractivity contribution < 1.29 is 18.7 Å². The van der Waals surface area contributed by atoms with E-state index in [2.05, 4.69) is 54.9 Å². The molecule has 4 N–H and O–H groups in total. The molecular formula is C28H36F2N4O2. The maximum Gasteiger partial charge on any atom is 0.217 e. The number of hydrogen-bond donors (Lipinski definition) is 4. The molecule has 2 aromatic carbocycles. The zero-order valence-corrected chi connectivity index (χ0v) is 21.4. The normalized spacial score (nSPS) is 17.8. The number of carbonyl (C=O) groups excluding carboxylic acids is 1. The first kappa shape index (κ1) is 27.6. The molecule has 1 unspecified atom stereocenters. The molecule has 0 saturated heterocycles. The average molecular weight is 499 g/mol. The van der Waals surface area contributed by atoms with Crippen LogP contribution in [-0.2, 0) is 11.2 Å². The van der Waals surface area contributed by atoms with Gasteiger partial charge in [0.15, 0.2) is 0 Å². The summed E-state index contributed by atoms with van der Waals surface area (Å²) >= 11 is 0. The van der Waals surface area contributed by atoms with Crippen LogP contribution >= 0.6 is 0 Å². The highest BCUT2D eigenvalue weighted by atomic mass is 19.1. The molecule has 6 nitrogen and oxygen atoms in total. The lowest BCUT2D eigenvalue weighted by molar-refractivity contribution is -0.120. The number of amides is 1. The molecule has 1 amide bonds. The minimum atomic E-state index is -0.984. The van der Waals surface area contributed by atoms with Crippen LogP contribution in [0.4, 0.5) is 14.5 Å². The Hall–Kier alpha value is -3.02. The number of nitrogens with one attached hydrogen (secondary N) is 3. The molecule has 1 heterocycles. The van der Waals surface area contributed by atoms with Gasteiger partial charge in [-0.25, -0.2) is 8.78 Å². The van der Waals surface area contributed by atoms with E-state index < -0.39 is 23.8 Å². The van der Waals surface area contributed by atoms with Gasteiger partial charge in [-0.15, -0.1) is 0 Å². The minimum absolute atomic E-state index is 0.0388. The summed E-state index contributed by atoms with van der Waals surface area (Å²) in [5.74, 6) is -1.66. The van der Waals surface area contributed by atoms with Gasteiger partial charge >= 0.3 is 0 Å². The zero-order chi connectivity index (χ0) is 26.5. The lowest BCUT2D eigenvalue weighted by Gasteiger charge is -2.33. The molecule has 194 valence electrons. The summed E-state index contributed by atoms with van der Waals surface area (Å²) in [4.78, 5) is 11.8. The van der Waals surface area contributed by atoms with Crippen LogP contribution in [-0.4, -0.2) is 36.2 Å². The summed E-state index contributed by atoms with van der Waals surface area (Å²) in [6, 6.07) is 11.0. The van der Waals surface area contributed by atoms with Gasteiger partial charge in [0.1, 0.15) is 11.6 Å². The largest absolute Gasteiger partial charge is 0.390 e. The lowest BCUT2D eigenvalue weighted by atomic mass is 9.74. The van der Waals surface area contributed by atoms with E-state index in [4.69, 9.17) is 0 Å². The van der Waals surface area contributed by atoms with Crippen molar-refractivity contribution in [3.63, 3.8) is 0 Å². The highest BCUT2D eigenvalue weighted by Crippen LogP contribution is 2.40. The van der Waals surface area contributed by atoms with Crippen LogP contribution in [0, 0.1) is 28.4 Å². The van der Waals surface area contributed by atoms with Crippen LogP contribution in [0.1, 0.15) is 69.2 Å². The van der Waals surface area contributed by atoms with Crippen LogP contribution < -0.4 is 16.0 Å². The molecular weight excluding hydrogens is 462 g/mol. The summed E-state index contributed by atoms with van der Waals surface area (Å²) in [7, 11) is 0. The van der Waals surface area contributed by atoms with Crippen molar-refractivity contribution in [2.75, 3.05) is 18.4 Å². The monoisotopic (exact) mass is 498 g/mol. The molecule has 4 atom stereocenters. The second kappa shape index (κ2) is 11.8. The van der Waals surface area contributed by atoms with Crippen molar-refractivity contribution in [2.24, 2.45) is 5.41 Å². The van der Waals surface area contributed by atoms with E-state index in [0.717, 1.165) is 35.8 Å². The van der Waals surface area contributed by atoms with Gasteiger partial charge in [-0.05, 0) is 53.1 Å². The molecule has 0 spiro atoms. The fourth-order valence-corrected chi connectivity index (χ4v) is 4.91. The molecule has 36 heavy (non-hydrogen) atoms. The molecule has 0 aromatic heterocycles. The molecule has 0 aliphatic carbocycles. The molecule has 8 heteroatoms. The first-order valence-electron chi connectivity index (χ1n) is 12.4. The number of aliphatic hydroxyl groups excluding tert-OH is 1. The minimum Gasteiger partial charge on any atom is -0.390 e. The predicted octanol–water partition coefficient (Wildman–Crippen LogP) is 4.56. The molecule has 3 rings (SSSR count). The third kappa shape index (κ3) is 7.25. The first-order valence-corrected chi connectivity index (χ1v) is 12.4. The van der Waals surface area contributed by atoms with Crippen LogP contribution in [0.25, 0.3) is 0 Å². The van der Waals surface area contributed by atoms with E-state index in [9.17, 15) is 23.9 Å². The zero-order valence-electron chi connectivity index (χ0n) is 21.4. The third-order valence-electron chi connectivity index (χ3n) is 6.75. The smallest absolute Gasteiger partial charge is 0.217 e. The number of benzene rings is 2. The second-order valence-electron chi connectivity index (χ2n) is 10.7. The number of carbonyl (C=O) groups is 1. The van der Waals surface area contributed by atoms with Crippen LogP contribution in [0.2, 0.25) is 0 Å².